The van der Waals surface area contributed by atoms with E-state index in [1.807, 2.05) is 0 Å². The molecule has 0 unspecified atom stereocenters. The number of nitrogens with zero attached hydrogens (tertiary/aromatic N) is 2. The molecule has 20 heavy (non-hydrogen) atoms. The molecule has 1 aromatic rings. The molecular weight excluding hydrogens is 258 g/mol. The van der Waals surface area contributed by atoms with Crippen LogP contribution in [-0.4, -0.2) is 60.0 Å². The molecule has 2 rings (SSSR count). The highest BCUT2D eigenvalue weighted by atomic mass is 16.5. The molecule has 3 N–H and O–H groups in total. The molecule has 0 spiro atoms. The molecule has 0 saturated carbocycles. The van der Waals surface area contributed by atoms with Gasteiger partial charge in [0.1, 0.15) is 0 Å². The van der Waals surface area contributed by atoms with Crippen LogP contribution in [0.3, 0.4) is 0 Å². The van der Waals surface area contributed by atoms with Gasteiger partial charge in [-0.05, 0) is 5.92 Å². The second-order valence-corrected chi connectivity index (χ2v) is 5.28. The van der Waals surface area contributed by atoms with Gasteiger partial charge in [0.05, 0.1) is 25.1 Å². The molecule has 7 heteroatoms. The third-order valence-electron chi connectivity index (χ3n) is 3.51. The van der Waals surface area contributed by atoms with Gasteiger partial charge < -0.3 is 15.4 Å². The van der Waals surface area contributed by atoms with Crippen LogP contribution >= 0.6 is 0 Å². The lowest BCUT2D eigenvalue weighted by Crippen LogP contribution is -2.51. The highest BCUT2D eigenvalue weighted by molar-refractivity contribution is 5.88. The zero-order valence-electron chi connectivity index (χ0n) is 12.1. The van der Waals surface area contributed by atoms with Crippen molar-refractivity contribution in [2.45, 2.75) is 19.9 Å². The highest BCUT2D eigenvalue weighted by Gasteiger charge is 2.24. The van der Waals surface area contributed by atoms with E-state index in [-0.39, 0.29) is 6.03 Å². The van der Waals surface area contributed by atoms with Crippen molar-refractivity contribution >= 4 is 11.7 Å². The van der Waals surface area contributed by atoms with Gasteiger partial charge in [-0.1, -0.05) is 13.8 Å². The Morgan fingerprint density at radius 3 is 2.85 bits per heavy atom. The standard InChI is InChI=1S/C13H23N5O2/c1-10(2)12(18-3-5-20-6-4-18)9-14-13(19)17-11-7-15-16-8-11/h7-8,10,12H,3-6,9H2,1-2H3,(H,15,16)(H2,14,17,19)/t12-/m0/s1. The van der Waals surface area contributed by atoms with Crippen LogP contribution in [0.1, 0.15) is 13.8 Å². The summed E-state index contributed by atoms with van der Waals surface area (Å²) in [7, 11) is 0. The van der Waals surface area contributed by atoms with Crippen molar-refractivity contribution < 1.29 is 9.53 Å². The van der Waals surface area contributed by atoms with E-state index in [1.54, 1.807) is 12.4 Å². The molecule has 0 radical (unpaired) electrons. The molecular formula is C13H23N5O2. The number of nitrogens with one attached hydrogen (secondary N) is 3. The van der Waals surface area contributed by atoms with Gasteiger partial charge in [-0.3, -0.25) is 10.00 Å². The zero-order valence-corrected chi connectivity index (χ0v) is 12.1. The van der Waals surface area contributed by atoms with Crippen molar-refractivity contribution in [2.24, 2.45) is 5.92 Å². The van der Waals surface area contributed by atoms with Crippen molar-refractivity contribution in [3.8, 4) is 0 Å². The van der Waals surface area contributed by atoms with Gasteiger partial charge in [0, 0.05) is 31.9 Å². The SMILES string of the molecule is CC(C)[C@H](CNC(=O)Nc1cn[nH]c1)N1CCOCC1. The minimum atomic E-state index is -0.203. The summed E-state index contributed by atoms with van der Waals surface area (Å²) >= 11 is 0. The minimum absolute atomic E-state index is 0.203. The van der Waals surface area contributed by atoms with Gasteiger partial charge in [0.25, 0.3) is 0 Å². The molecule has 2 amide bonds. The Kier molecular flexibility index (Phi) is 5.37. The Bertz CT molecular complexity index is 401. The Hall–Kier alpha value is -1.60. The topological polar surface area (TPSA) is 82.3 Å². The van der Waals surface area contributed by atoms with Crippen LogP contribution in [0.25, 0.3) is 0 Å². The molecule has 1 saturated heterocycles. The van der Waals surface area contributed by atoms with Crippen molar-refractivity contribution in [3.05, 3.63) is 12.4 Å². The van der Waals surface area contributed by atoms with Gasteiger partial charge in [0.2, 0.25) is 0 Å². The first-order valence-electron chi connectivity index (χ1n) is 7.02. The average molecular weight is 281 g/mol. The predicted molar refractivity (Wildman–Crippen MR) is 76.6 cm³/mol. The number of anilines is 1. The number of amides is 2. The number of morpholine rings is 1. The summed E-state index contributed by atoms with van der Waals surface area (Å²) < 4.78 is 5.37. The molecule has 1 aliphatic rings. The van der Waals surface area contributed by atoms with Crippen molar-refractivity contribution in [1.29, 1.82) is 0 Å². The molecule has 2 heterocycles. The maximum atomic E-state index is 11.8. The average Bonchev–Trinajstić information content (AvgIpc) is 2.92. The van der Waals surface area contributed by atoms with Crippen LogP contribution in [-0.2, 0) is 4.74 Å². The first-order valence-corrected chi connectivity index (χ1v) is 7.02. The normalized spacial score (nSPS) is 17.9. The number of carbonyl (C=O) groups excluding carboxylic acids is 1. The number of ether oxygens (including phenoxy) is 1. The molecule has 1 fully saturated rings. The molecule has 0 bridgehead atoms. The largest absolute Gasteiger partial charge is 0.379 e. The molecule has 7 nitrogen and oxygen atoms in total. The number of aromatic nitrogens is 2. The van der Waals surface area contributed by atoms with Crippen LogP contribution in [0.15, 0.2) is 12.4 Å². The van der Waals surface area contributed by atoms with E-state index in [2.05, 4.69) is 39.6 Å². The van der Waals surface area contributed by atoms with Crippen molar-refractivity contribution in [1.82, 2.24) is 20.4 Å². The summed E-state index contributed by atoms with van der Waals surface area (Å²) in [6.45, 7) is 8.36. The van der Waals surface area contributed by atoms with Gasteiger partial charge in [-0.2, -0.15) is 5.10 Å². The van der Waals surface area contributed by atoms with Crippen LogP contribution in [0, 0.1) is 5.92 Å². The molecule has 1 atom stereocenters. The zero-order chi connectivity index (χ0) is 14.4. The highest BCUT2D eigenvalue weighted by Crippen LogP contribution is 2.12. The smallest absolute Gasteiger partial charge is 0.319 e. The Labute approximate surface area is 119 Å². The minimum Gasteiger partial charge on any atom is -0.379 e. The summed E-state index contributed by atoms with van der Waals surface area (Å²) in [5.41, 5.74) is 0.662. The second kappa shape index (κ2) is 7.25. The maximum absolute atomic E-state index is 11.8. The third-order valence-corrected chi connectivity index (χ3v) is 3.51. The number of hydrogen-bond acceptors (Lipinski definition) is 4. The Morgan fingerprint density at radius 1 is 1.50 bits per heavy atom. The number of hydrogen-bond donors (Lipinski definition) is 3. The third kappa shape index (κ3) is 4.21. The molecule has 1 aliphatic heterocycles. The quantitative estimate of drug-likeness (QED) is 0.748. The van der Waals surface area contributed by atoms with E-state index in [0.717, 1.165) is 26.3 Å². The lowest BCUT2D eigenvalue weighted by molar-refractivity contribution is 0.00728. The number of carbonyl (C=O) groups is 1. The van der Waals surface area contributed by atoms with E-state index >= 15 is 0 Å². The summed E-state index contributed by atoms with van der Waals surface area (Å²) in [6, 6.07) is 0.124. The number of rotatable bonds is 5. The van der Waals surface area contributed by atoms with Gasteiger partial charge in [0.15, 0.2) is 0 Å². The lowest BCUT2D eigenvalue weighted by atomic mass is 10.0. The molecule has 0 aromatic carbocycles. The van der Waals surface area contributed by atoms with Crippen molar-refractivity contribution in [2.75, 3.05) is 38.2 Å². The number of aromatic amines is 1. The van der Waals surface area contributed by atoms with Crippen LogP contribution in [0.5, 0.6) is 0 Å². The number of H-pyrrole nitrogens is 1. The first kappa shape index (κ1) is 14.8. The van der Waals surface area contributed by atoms with E-state index in [0.29, 0.717) is 24.2 Å². The van der Waals surface area contributed by atoms with Gasteiger partial charge in [-0.15, -0.1) is 0 Å². The van der Waals surface area contributed by atoms with Gasteiger partial charge >= 0.3 is 6.03 Å². The van der Waals surface area contributed by atoms with Crippen LogP contribution in [0.2, 0.25) is 0 Å². The van der Waals surface area contributed by atoms with Crippen molar-refractivity contribution in [3.63, 3.8) is 0 Å². The van der Waals surface area contributed by atoms with E-state index in [1.165, 1.54) is 0 Å². The monoisotopic (exact) mass is 281 g/mol. The Morgan fingerprint density at radius 2 is 2.25 bits per heavy atom. The lowest BCUT2D eigenvalue weighted by Gasteiger charge is -2.36. The van der Waals surface area contributed by atoms with Crippen LogP contribution in [0.4, 0.5) is 10.5 Å². The fraction of sp³-hybridized carbons (Fsp3) is 0.692. The fourth-order valence-corrected chi connectivity index (χ4v) is 2.39. The fourth-order valence-electron chi connectivity index (χ4n) is 2.39. The summed E-state index contributed by atoms with van der Waals surface area (Å²) in [5, 5.41) is 12.1. The first-order chi connectivity index (χ1) is 9.66. The van der Waals surface area contributed by atoms with Crippen LogP contribution < -0.4 is 10.6 Å². The van der Waals surface area contributed by atoms with E-state index in [4.69, 9.17) is 4.74 Å². The summed E-state index contributed by atoms with van der Waals surface area (Å²) in [5.74, 6) is 0.474. The van der Waals surface area contributed by atoms with Gasteiger partial charge in [-0.25, -0.2) is 4.79 Å². The summed E-state index contributed by atoms with van der Waals surface area (Å²) in [4.78, 5) is 14.2. The molecule has 1 aromatic heterocycles. The predicted octanol–water partition coefficient (Wildman–Crippen LogP) is 0.888. The Balaban J connectivity index is 1.80. The van der Waals surface area contributed by atoms with E-state index in [9.17, 15) is 4.79 Å². The second-order valence-electron chi connectivity index (χ2n) is 5.28. The van der Waals surface area contributed by atoms with E-state index < -0.39 is 0 Å². The molecule has 0 aliphatic carbocycles. The maximum Gasteiger partial charge on any atom is 0.319 e. The number of urea groups is 1. The molecule has 112 valence electrons. The summed E-state index contributed by atoms with van der Waals surface area (Å²) in [6.07, 6.45) is 3.21.